The van der Waals surface area contributed by atoms with Crippen LogP contribution in [-0.4, -0.2) is 46.2 Å². The highest BCUT2D eigenvalue weighted by Crippen LogP contribution is 2.28. The Balaban J connectivity index is 1.66. The van der Waals surface area contributed by atoms with E-state index in [4.69, 9.17) is 9.84 Å². The van der Waals surface area contributed by atoms with Crippen molar-refractivity contribution in [1.82, 2.24) is 9.88 Å². The van der Waals surface area contributed by atoms with Gasteiger partial charge in [-0.3, -0.25) is 4.90 Å². The smallest absolute Gasteiger partial charge is 0.337 e. The third-order valence-corrected chi connectivity index (χ3v) is 4.78. The Morgan fingerprint density at radius 1 is 1.14 bits per heavy atom. The van der Waals surface area contributed by atoms with Crippen LogP contribution in [0.5, 0.6) is 5.88 Å². The summed E-state index contributed by atoms with van der Waals surface area (Å²) in [5, 5.41) is 8.92. The normalized spacial score (nSPS) is 26.5. The molecular weight excluding hydrogens is 280 g/mol. The van der Waals surface area contributed by atoms with E-state index < -0.39 is 5.97 Å². The lowest BCUT2D eigenvalue weighted by molar-refractivity contribution is 0.0237. The van der Waals surface area contributed by atoms with Gasteiger partial charge in [0.15, 0.2) is 0 Å². The molecule has 5 heteroatoms. The van der Waals surface area contributed by atoms with E-state index in [1.807, 2.05) is 0 Å². The fraction of sp³-hybridized carbons (Fsp3) is 0.647. The highest BCUT2D eigenvalue weighted by Gasteiger charge is 2.32. The first-order valence-corrected chi connectivity index (χ1v) is 8.34. The molecule has 0 amide bonds. The maximum absolute atomic E-state index is 10.9. The molecule has 0 radical (unpaired) electrons. The minimum atomic E-state index is -0.956. The molecule has 1 aliphatic heterocycles. The number of ether oxygens (including phenoxy) is 1. The molecule has 120 valence electrons. The van der Waals surface area contributed by atoms with Gasteiger partial charge in [0.05, 0.1) is 5.56 Å². The zero-order valence-electron chi connectivity index (χ0n) is 12.9. The van der Waals surface area contributed by atoms with Crippen LogP contribution in [0.1, 0.15) is 55.3 Å². The lowest BCUT2D eigenvalue weighted by atomic mass is 9.90. The van der Waals surface area contributed by atoms with E-state index in [1.165, 1.54) is 57.8 Å². The summed E-state index contributed by atoms with van der Waals surface area (Å²) in [7, 11) is 0. The van der Waals surface area contributed by atoms with Crippen LogP contribution < -0.4 is 4.74 Å². The molecular formula is C17H24N2O3. The van der Waals surface area contributed by atoms with Crippen molar-refractivity contribution in [2.45, 2.75) is 57.1 Å². The molecule has 1 aliphatic carbocycles. The zero-order valence-corrected chi connectivity index (χ0v) is 12.9. The molecule has 2 aliphatic rings. The quantitative estimate of drug-likeness (QED) is 0.926. The lowest BCUT2D eigenvalue weighted by Crippen LogP contribution is -2.49. The number of hydrogen-bond acceptors (Lipinski definition) is 4. The van der Waals surface area contributed by atoms with Crippen LogP contribution in [0.2, 0.25) is 0 Å². The molecule has 5 nitrogen and oxygen atoms in total. The summed E-state index contributed by atoms with van der Waals surface area (Å²) in [6.07, 6.45) is 10.2. The van der Waals surface area contributed by atoms with Crippen LogP contribution in [-0.2, 0) is 0 Å². The molecule has 1 saturated carbocycles. The number of carboxylic acid groups (broad SMARTS) is 1. The van der Waals surface area contributed by atoms with E-state index >= 15 is 0 Å². The van der Waals surface area contributed by atoms with Crippen molar-refractivity contribution >= 4 is 5.97 Å². The van der Waals surface area contributed by atoms with Gasteiger partial charge in [-0.2, -0.15) is 0 Å². The van der Waals surface area contributed by atoms with Gasteiger partial charge in [-0.15, -0.1) is 0 Å². The van der Waals surface area contributed by atoms with Crippen LogP contribution in [0.3, 0.4) is 0 Å². The molecule has 2 unspecified atom stereocenters. The number of hydrogen-bond donors (Lipinski definition) is 1. The SMILES string of the molecule is O=C(O)c1ccc(OC2CCCCC2N2CCCCC2)nc1. The first-order chi connectivity index (χ1) is 10.7. The number of carboxylic acids is 1. The molecule has 0 aromatic carbocycles. The first-order valence-electron chi connectivity index (χ1n) is 8.34. The van der Waals surface area contributed by atoms with Gasteiger partial charge >= 0.3 is 5.97 Å². The standard InChI is InChI=1S/C17H24N2O3/c20-17(21)13-8-9-16(18-12-13)22-15-7-3-2-6-14(15)19-10-4-1-5-11-19/h8-9,12,14-15H,1-7,10-11H2,(H,20,21). The van der Waals surface area contributed by atoms with Crippen molar-refractivity contribution in [1.29, 1.82) is 0 Å². The second-order valence-corrected chi connectivity index (χ2v) is 6.30. The van der Waals surface area contributed by atoms with Crippen molar-refractivity contribution in [3.8, 4) is 5.88 Å². The highest BCUT2D eigenvalue weighted by molar-refractivity contribution is 5.87. The van der Waals surface area contributed by atoms with Crippen molar-refractivity contribution in [2.75, 3.05) is 13.1 Å². The van der Waals surface area contributed by atoms with Crippen LogP contribution in [0, 0.1) is 0 Å². The summed E-state index contributed by atoms with van der Waals surface area (Å²) in [4.78, 5) is 17.6. The van der Waals surface area contributed by atoms with Gasteiger partial charge in [0.2, 0.25) is 5.88 Å². The van der Waals surface area contributed by atoms with Gasteiger partial charge in [-0.1, -0.05) is 12.8 Å². The first kappa shape index (κ1) is 15.3. The molecule has 2 heterocycles. The van der Waals surface area contributed by atoms with E-state index in [0.29, 0.717) is 11.9 Å². The van der Waals surface area contributed by atoms with Gasteiger partial charge in [0.1, 0.15) is 6.10 Å². The van der Waals surface area contributed by atoms with Crippen molar-refractivity contribution in [2.24, 2.45) is 0 Å². The predicted molar refractivity (Wildman–Crippen MR) is 83.3 cm³/mol. The third kappa shape index (κ3) is 3.58. The van der Waals surface area contributed by atoms with Crippen molar-refractivity contribution in [3.63, 3.8) is 0 Å². The monoisotopic (exact) mass is 304 g/mol. The summed E-state index contributed by atoms with van der Waals surface area (Å²) in [5.41, 5.74) is 0.198. The van der Waals surface area contributed by atoms with E-state index in [9.17, 15) is 4.79 Å². The third-order valence-electron chi connectivity index (χ3n) is 4.78. The summed E-state index contributed by atoms with van der Waals surface area (Å²) in [6, 6.07) is 3.71. The number of piperidine rings is 1. The number of aromatic carboxylic acids is 1. The number of pyridine rings is 1. The number of carbonyl (C=O) groups is 1. The molecule has 0 spiro atoms. The second-order valence-electron chi connectivity index (χ2n) is 6.30. The summed E-state index contributed by atoms with van der Waals surface area (Å²) in [6.45, 7) is 2.35. The number of rotatable bonds is 4. The van der Waals surface area contributed by atoms with E-state index in [2.05, 4.69) is 9.88 Å². The average Bonchev–Trinajstić information content (AvgIpc) is 2.57. The Hall–Kier alpha value is -1.62. The molecule has 2 atom stereocenters. The van der Waals surface area contributed by atoms with E-state index in [0.717, 1.165) is 6.42 Å². The molecule has 1 saturated heterocycles. The van der Waals surface area contributed by atoms with Crippen LogP contribution in [0.4, 0.5) is 0 Å². The predicted octanol–water partition coefficient (Wildman–Crippen LogP) is 2.96. The van der Waals surface area contributed by atoms with Crippen LogP contribution in [0.25, 0.3) is 0 Å². The molecule has 1 aromatic rings. The van der Waals surface area contributed by atoms with Gasteiger partial charge < -0.3 is 9.84 Å². The van der Waals surface area contributed by atoms with E-state index in [-0.39, 0.29) is 11.7 Å². The summed E-state index contributed by atoms with van der Waals surface area (Å²) in [5.74, 6) is -0.415. The second kappa shape index (κ2) is 7.09. The minimum Gasteiger partial charge on any atom is -0.478 e. The van der Waals surface area contributed by atoms with Crippen molar-refractivity contribution in [3.05, 3.63) is 23.9 Å². The lowest BCUT2D eigenvalue weighted by Gasteiger charge is -2.41. The Morgan fingerprint density at radius 2 is 1.91 bits per heavy atom. The van der Waals surface area contributed by atoms with Gasteiger partial charge in [0, 0.05) is 18.3 Å². The summed E-state index contributed by atoms with van der Waals surface area (Å²) >= 11 is 0. The number of likely N-dealkylation sites (tertiary alicyclic amines) is 1. The Labute approximate surface area is 131 Å². The number of aromatic nitrogens is 1. The van der Waals surface area contributed by atoms with Gasteiger partial charge in [-0.05, 0) is 51.3 Å². The molecule has 2 fully saturated rings. The van der Waals surface area contributed by atoms with Crippen molar-refractivity contribution < 1.29 is 14.6 Å². The van der Waals surface area contributed by atoms with E-state index in [1.54, 1.807) is 12.1 Å². The molecule has 1 aromatic heterocycles. The fourth-order valence-electron chi connectivity index (χ4n) is 3.61. The van der Waals surface area contributed by atoms with Crippen LogP contribution >= 0.6 is 0 Å². The minimum absolute atomic E-state index is 0.176. The fourth-order valence-corrected chi connectivity index (χ4v) is 3.61. The Bertz CT molecular complexity index is 497. The van der Waals surface area contributed by atoms with Crippen LogP contribution in [0.15, 0.2) is 18.3 Å². The van der Waals surface area contributed by atoms with Gasteiger partial charge in [0.25, 0.3) is 0 Å². The molecule has 22 heavy (non-hydrogen) atoms. The highest BCUT2D eigenvalue weighted by atomic mass is 16.5. The molecule has 3 rings (SSSR count). The largest absolute Gasteiger partial charge is 0.478 e. The summed E-state index contributed by atoms with van der Waals surface area (Å²) < 4.78 is 6.11. The maximum Gasteiger partial charge on any atom is 0.337 e. The number of nitrogens with zero attached hydrogens (tertiary/aromatic N) is 2. The van der Waals surface area contributed by atoms with Gasteiger partial charge in [-0.25, -0.2) is 9.78 Å². The Morgan fingerprint density at radius 3 is 2.59 bits per heavy atom. The topological polar surface area (TPSA) is 62.7 Å². The molecule has 0 bridgehead atoms. The maximum atomic E-state index is 10.9. The zero-order chi connectivity index (χ0) is 15.4. The average molecular weight is 304 g/mol. The molecule has 1 N–H and O–H groups in total. The Kier molecular flexibility index (Phi) is 4.93.